The summed E-state index contributed by atoms with van der Waals surface area (Å²) in [4.78, 5) is 1.07. The average molecular weight is 1280 g/mol. The topological polar surface area (TPSA) is 52.6 Å². The first kappa shape index (κ1) is 39.5. The fourth-order valence-corrected chi connectivity index (χ4v) is 10.6. The third-order valence-corrected chi connectivity index (χ3v) is 18.5. The molecular weight excluding hydrogens is 1260 g/mol. The summed E-state index contributed by atoms with van der Waals surface area (Å²) in [6, 6.07) is 10.4. The van der Waals surface area contributed by atoms with E-state index in [4.69, 9.17) is 9.47 Å². The molecular formula is C30H24Br10O4S. The Labute approximate surface area is 347 Å². The Hall–Kier alpha value is 1.75. The summed E-state index contributed by atoms with van der Waals surface area (Å²) in [6.45, 7) is 1.03. The van der Waals surface area contributed by atoms with Crippen molar-refractivity contribution in [2.75, 3.05) is 23.9 Å². The molecule has 2 unspecified atom stereocenters. The van der Waals surface area contributed by atoms with Gasteiger partial charge in [-0.15, -0.1) is 0 Å². The third-order valence-electron chi connectivity index (χ3n) is 6.80. The van der Waals surface area contributed by atoms with E-state index >= 15 is 0 Å². The van der Waals surface area contributed by atoms with Gasteiger partial charge in [0, 0.05) is 49.0 Å². The number of ether oxygens (including phenoxy) is 2. The van der Waals surface area contributed by atoms with Gasteiger partial charge in [0.1, 0.15) is 11.5 Å². The smallest absolute Gasteiger partial charge is 0.206 e. The number of hydrogen-bond acceptors (Lipinski definition) is 4. The highest BCUT2D eigenvalue weighted by molar-refractivity contribution is 9.14. The molecule has 0 spiro atoms. The monoisotopic (exact) mass is 1270 g/mol. The molecule has 0 fully saturated rings. The molecule has 0 aliphatic rings. The highest BCUT2D eigenvalue weighted by Crippen LogP contribution is 2.46. The molecule has 0 radical (unpaired) electrons. The number of halogens is 10. The summed E-state index contributed by atoms with van der Waals surface area (Å²) < 4.78 is 45.1. The molecule has 0 aromatic heterocycles. The number of hydrogen-bond donors (Lipinski definition) is 0. The largest absolute Gasteiger partial charge is 0.492 e. The second kappa shape index (κ2) is 17.8. The number of sulfone groups is 1. The number of benzene rings is 4. The summed E-state index contributed by atoms with van der Waals surface area (Å²) >= 11 is 36.1. The van der Waals surface area contributed by atoms with Crippen molar-refractivity contribution in [2.45, 2.75) is 45.1 Å². The number of alkyl halides is 4. The zero-order valence-electron chi connectivity index (χ0n) is 23.1. The zero-order chi connectivity index (χ0) is 33.1. The summed E-state index contributed by atoms with van der Waals surface area (Å²) in [6.07, 6.45) is 3.62. The van der Waals surface area contributed by atoms with E-state index in [-0.39, 0.29) is 9.79 Å². The minimum atomic E-state index is -3.92. The Morgan fingerprint density at radius 2 is 0.956 bits per heavy atom. The molecule has 15 heteroatoms. The van der Waals surface area contributed by atoms with Crippen molar-refractivity contribution >= 4 is 191 Å². The molecule has 4 nitrogen and oxygen atoms in total. The van der Waals surface area contributed by atoms with E-state index in [1.54, 1.807) is 24.3 Å². The molecule has 0 N–H and O–H groups in total. The minimum absolute atomic E-state index is 0.163. The molecule has 0 aliphatic carbocycles. The van der Waals surface area contributed by atoms with E-state index in [1.165, 1.54) is 0 Å². The predicted octanol–water partition coefficient (Wildman–Crippen LogP) is 14.0. The van der Waals surface area contributed by atoms with Crippen LogP contribution in [0, 0.1) is 0 Å². The van der Waals surface area contributed by atoms with Gasteiger partial charge in [-0.1, -0.05) is 63.7 Å². The molecule has 45 heavy (non-hydrogen) atoms. The van der Waals surface area contributed by atoms with E-state index < -0.39 is 9.84 Å². The van der Waals surface area contributed by atoms with Crippen molar-refractivity contribution in [3.8, 4) is 11.5 Å². The standard InChI is InChI=1S/C30H24Br10O4S/c31-13-17(33)3-1-5-43-29-25-15(9-23(37)27(29)39)7-19(11-21(25)35)45(41,42)20-8-16-10-24(38)28(40)30(26(16)22(36)12-20)44-6-2-4-18(34)14-32/h7-12,17-18H,1-6,13-14H2. The van der Waals surface area contributed by atoms with Crippen LogP contribution in [0.4, 0.5) is 0 Å². The molecule has 0 saturated heterocycles. The van der Waals surface area contributed by atoms with Crippen LogP contribution in [-0.2, 0) is 9.84 Å². The molecule has 2 atom stereocenters. The maximum Gasteiger partial charge on any atom is 0.206 e. The first-order chi connectivity index (χ1) is 21.3. The fourth-order valence-electron chi connectivity index (χ4n) is 4.58. The van der Waals surface area contributed by atoms with Crippen LogP contribution in [0.3, 0.4) is 0 Å². The van der Waals surface area contributed by atoms with Crippen LogP contribution >= 0.6 is 159 Å². The minimum Gasteiger partial charge on any atom is -0.492 e. The fraction of sp³-hybridized carbons (Fsp3) is 0.333. The molecule has 0 amide bonds. The predicted molar refractivity (Wildman–Crippen MR) is 222 cm³/mol. The lowest BCUT2D eigenvalue weighted by Gasteiger charge is -2.17. The SMILES string of the molecule is O=S(=O)(c1cc(Br)c2c(OCCCC(Br)CBr)c(Br)c(Br)cc2c1)c1cc(Br)c2c(OCCCC(Br)CBr)c(Br)c(Br)cc2c1. The average Bonchev–Trinajstić information content (AvgIpc) is 3.00. The van der Waals surface area contributed by atoms with Gasteiger partial charge in [-0.3, -0.25) is 0 Å². The van der Waals surface area contributed by atoms with Crippen LogP contribution in [-0.4, -0.2) is 41.9 Å². The van der Waals surface area contributed by atoms with Crippen molar-refractivity contribution < 1.29 is 17.9 Å². The first-order valence-corrected chi connectivity index (χ1v) is 23.7. The third kappa shape index (κ3) is 9.55. The summed E-state index contributed by atoms with van der Waals surface area (Å²) in [5.41, 5.74) is 0. The van der Waals surface area contributed by atoms with E-state index in [9.17, 15) is 8.42 Å². The summed E-state index contributed by atoms with van der Waals surface area (Å²) in [5.74, 6) is 1.30. The van der Waals surface area contributed by atoms with E-state index in [1.807, 2.05) is 12.1 Å². The van der Waals surface area contributed by atoms with E-state index in [0.717, 1.165) is 75.8 Å². The van der Waals surface area contributed by atoms with Gasteiger partial charge in [0.15, 0.2) is 0 Å². The van der Waals surface area contributed by atoms with Gasteiger partial charge in [0.2, 0.25) is 9.84 Å². The molecule has 4 aromatic rings. The second-order valence-corrected chi connectivity index (χ2v) is 20.8. The van der Waals surface area contributed by atoms with Gasteiger partial charge < -0.3 is 9.47 Å². The van der Waals surface area contributed by atoms with Crippen molar-refractivity contribution in [3.05, 3.63) is 63.2 Å². The van der Waals surface area contributed by atoms with Gasteiger partial charge in [0.25, 0.3) is 0 Å². The lowest BCUT2D eigenvalue weighted by Crippen LogP contribution is -2.06. The second-order valence-electron chi connectivity index (χ2n) is 10.00. The van der Waals surface area contributed by atoms with Gasteiger partial charge in [-0.05, 0) is 168 Å². The lowest BCUT2D eigenvalue weighted by atomic mass is 10.1. The number of fused-ring (bicyclic) bond motifs is 2. The number of rotatable bonds is 14. The molecule has 0 heterocycles. The van der Waals surface area contributed by atoms with Crippen molar-refractivity contribution in [1.82, 2.24) is 0 Å². The summed E-state index contributed by atoms with van der Waals surface area (Å²) in [5, 5.41) is 4.76. The highest BCUT2D eigenvalue weighted by Gasteiger charge is 2.25. The zero-order valence-corrected chi connectivity index (χ0v) is 39.8. The quantitative estimate of drug-likeness (QED) is 0.0933. The summed E-state index contributed by atoms with van der Waals surface area (Å²) in [7, 11) is -3.92. The Bertz CT molecular complexity index is 1690. The lowest BCUT2D eigenvalue weighted by molar-refractivity contribution is 0.309. The van der Waals surface area contributed by atoms with Crippen LogP contribution in [0.5, 0.6) is 11.5 Å². The van der Waals surface area contributed by atoms with Gasteiger partial charge in [-0.2, -0.15) is 0 Å². The van der Waals surface area contributed by atoms with Crippen LogP contribution < -0.4 is 9.47 Å². The van der Waals surface area contributed by atoms with E-state index in [0.29, 0.717) is 43.3 Å². The Kier molecular flexibility index (Phi) is 15.6. The van der Waals surface area contributed by atoms with Crippen molar-refractivity contribution in [2.24, 2.45) is 0 Å². The van der Waals surface area contributed by atoms with E-state index in [2.05, 4.69) is 159 Å². The van der Waals surface area contributed by atoms with Gasteiger partial charge in [0.05, 0.1) is 32.0 Å². The molecule has 244 valence electrons. The Morgan fingerprint density at radius 1 is 0.578 bits per heavy atom. The molecule has 0 bridgehead atoms. The normalized spacial score (nSPS) is 13.4. The molecule has 4 aromatic carbocycles. The van der Waals surface area contributed by atoms with Crippen LogP contribution in [0.15, 0.2) is 73.0 Å². The Balaban J connectivity index is 1.73. The molecule has 0 saturated carbocycles. The maximum absolute atomic E-state index is 14.1. The maximum atomic E-state index is 14.1. The Morgan fingerprint density at radius 3 is 1.31 bits per heavy atom. The first-order valence-electron chi connectivity index (χ1n) is 13.4. The van der Waals surface area contributed by atoms with Crippen LogP contribution in [0.1, 0.15) is 25.7 Å². The van der Waals surface area contributed by atoms with Crippen molar-refractivity contribution in [3.63, 3.8) is 0 Å². The van der Waals surface area contributed by atoms with Crippen molar-refractivity contribution in [1.29, 1.82) is 0 Å². The molecule has 4 rings (SSSR count). The van der Waals surface area contributed by atoms with Gasteiger partial charge in [-0.25, -0.2) is 8.42 Å². The molecule has 0 aliphatic heterocycles. The van der Waals surface area contributed by atoms with Crippen LogP contribution in [0.2, 0.25) is 0 Å². The van der Waals surface area contributed by atoms with Crippen LogP contribution in [0.25, 0.3) is 21.5 Å². The highest BCUT2D eigenvalue weighted by atomic mass is 79.9. The van der Waals surface area contributed by atoms with Gasteiger partial charge >= 0.3 is 0 Å².